The summed E-state index contributed by atoms with van der Waals surface area (Å²) in [5.74, 6) is -0.692. The molecule has 4 rings (SSSR count). The van der Waals surface area contributed by atoms with Crippen molar-refractivity contribution in [3.8, 4) is 11.5 Å². The number of hydrogen-bond donors (Lipinski definition) is 0. The van der Waals surface area contributed by atoms with Gasteiger partial charge >= 0.3 is 5.97 Å². The maximum absolute atomic E-state index is 13.0. The molecule has 2 saturated heterocycles. The highest BCUT2D eigenvalue weighted by Crippen LogP contribution is 2.34. The molecule has 1 aromatic carbocycles. The van der Waals surface area contributed by atoms with Gasteiger partial charge in [0.25, 0.3) is 5.91 Å². The largest absolute Gasteiger partial charge is 0.486 e. The van der Waals surface area contributed by atoms with Crippen molar-refractivity contribution < 1.29 is 40.6 Å². The van der Waals surface area contributed by atoms with Gasteiger partial charge in [0.15, 0.2) is 27.9 Å². The average molecular weight is 517 g/mol. The fourth-order valence-corrected chi connectivity index (χ4v) is 7.56. The van der Waals surface area contributed by atoms with Crippen LogP contribution in [0.15, 0.2) is 23.1 Å². The van der Waals surface area contributed by atoms with E-state index >= 15 is 0 Å². The van der Waals surface area contributed by atoms with Gasteiger partial charge in [0.05, 0.1) is 22.3 Å². The van der Waals surface area contributed by atoms with Crippen LogP contribution in [0.4, 0.5) is 0 Å². The van der Waals surface area contributed by atoms with Crippen LogP contribution in [0.3, 0.4) is 0 Å². The van der Waals surface area contributed by atoms with Gasteiger partial charge in [0.1, 0.15) is 13.2 Å². The van der Waals surface area contributed by atoms with Crippen LogP contribution >= 0.6 is 0 Å². The Bertz CT molecular complexity index is 1160. The van der Waals surface area contributed by atoms with E-state index < -0.39 is 50.3 Å². The third kappa shape index (κ3) is 5.31. The lowest BCUT2D eigenvalue weighted by atomic mass is 9.98. The van der Waals surface area contributed by atoms with Gasteiger partial charge in [-0.2, -0.15) is 4.31 Å². The number of esters is 1. The molecule has 0 aromatic heterocycles. The van der Waals surface area contributed by atoms with Crippen molar-refractivity contribution in [1.29, 1.82) is 0 Å². The summed E-state index contributed by atoms with van der Waals surface area (Å²) in [6, 6.07) is 4.08. The lowest BCUT2D eigenvalue weighted by Crippen LogP contribution is -2.42. The van der Waals surface area contributed by atoms with E-state index in [-0.39, 0.29) is 42.3 Å². The number of ether oxygens (including phenoxy) is 3. The van der Waals surface area contributed by atoms with Crippen LogP contribution in [0.25, 0.3) is 0 Å². The first kappa shape index (κ1) is 24.7. The number of amides is 1. The number of likely N-dealkylation sites (N-methyl/N-ethyl adjacent to an activating group) is 1. The molecule has 0 N–H and O–H groups in total. The van der Waals surface area contributed by atoms with Gasteiger partial charge in [0, 0.05) is 32.2 Å². The summed E-state index contributed by atoms with van der Waals surface area (Å²) in [5.41, 5.74) is 0. The molecule has 3 heterocycles. The van der Waals surface area contributed by atoms with Crippen molar-refractivity contribution in [3.63, 3.8) is 0 Å². The molecular weight excluding hydrogens is 488 g/mol. The minimum Gasteiger partial charge on any atom is -0.486 e. The Balaban J connectivity index is 1.27. The molecule has 3 aliphatic heterocycles. The molecular formula is C21H28N2O9S2. The zero-order valence-corrected chi connectivity index (χ0v) is 20.5. The number of carbonyl (C=O) groups is 2. The molecule has 13 heteroatoms. The smallest absolute Gasteiger partial charge is 0.309 e. The molecule has 0 radical (unpaired) electrons. The summed E-state index contributed by atoms with van der Waals surface area (Å²) in [5, 5.41) is 0. The normalized spacial score (nSPS) is 22.8. The highest BCUT2D eigenvalue weighted by Gasteiger charge is 2.35. The first-order valence-electron chi connectivity index (χ1n) is 11.1. The summed E-state index contributed by atoms with van der Waals surface area (Å²) >= 11 is 0. The number of nitrogens with zero attached hydrogens (tertiary/aromatic N) is 2. The van der Waals surface area contributed by atoms with E-state index in [0.717, 1.165) is 0 Å². The van der Waals surface area contributed by atoms with Crippen LogP contribution in [-0.2, 0) is 34.2 Å². The lowest BCUT2D eigenvalue weighted by Gasteiger charge is -2.30. The molecule has 1 aromatic rings. The number of carbonyl (C=O) groups excluding carboxylic acids is 2. The fraction of sp³-hybridized carbons (Fsp3) is 0.619. The second-order valence-electron chi connectivity index (χ2n) is 8.65. The number of piperidine rings is 1. The van der Waals surface area contributed by atoms with E-state index in [0.29, 0.717) is 31.1 Å². The lowest BCUT2D eigenvalue weighted by molar-refractivity contribution is -0.156. The van der Waals surface area contributed by atoms with E-state index in [1.165, 1.54) is 28.4 Å². The fourth-order valence-electron chi connectivity index (χ4n) is 4.30. The van der Waals surface area contributed by atoms with Crippen LogP contribution in [-0.4, -0.2) is 95.4 Å². The van der Waals surface area contributed by atoms with Crippen molar-refractivity contribution in [2.24, 2.45) is 5.92 Å². The number of hydrogen-bond acceptors (Lipinski definition) is 9. The molecule has 34 heavy (non-hydrogen) atoms. The van der Waals surface area contributed by atoms with Crippen molar-refractivity contribution in [2.45, 2.75) is 30.2 Å². The second kappa shape index (κ2) is 9.70. The van der Waals surface area contributed by atoms with Crippen LogP contribution < -0.4 is 9.47 Å². The predicted molar refractivity (Wildman–Crippen MR) is 120 cm³/mol. The third-order valence-electron chi connectivity index (χ3n) is 6.43. The highest BCUT2D eigenvalue weighted by atomic mass is 32.2. The minimum absolute atomic E-state index is 0.0445. The number of rotatable bonds is 6. The van der Waals surface area contributed by atoms with Gasteiger partial charge < -0.3 is 19.1 Å². The zero-order valence-electron chi connectivity index (χ0n) is 18.8. The summed E-state index contributed by atoms with van der Waals surface area (Å²) < 4.78 is 66.7. The Morgan fingerprint density at radius 3 is 2.44 bits per heavy atom. The first-order valence-corrected chi connectivity index (χ1v) is 14.4. The van der Waals surface area contributed by atoms with Crippen LogP contribution in [0.5, 0.6) is 11.5 Å². The van der Waals surface area contributed by atoms with Crippen LogP contribution in [0.1, 0.15) is 19.3 Å². The molecule has 3 aliphatic rings. The molecule has 0 bridgehead atoms. The van der Waals surface area contributed by atoms with Crippen molar-refractivity contribution in [1.82, 2.24) is 9.21 Å². The predicted octanol–water partition coefficient (Wildman–Crippen LogP) is 0.0472. The van der Waals surface area contributed by atoms with Crippen molar-refractivity contribution in [3.05, 3.63) is 18.2 Å². The van der Waals surface area contributed by atoms with E-state index in [1.807, 2.05) is 0 Å². The average Bonchev–Trinajstić information content (AvgIpc) is 3.21. The van der Waals surface area contributed by atoms with Gasteiger partial charge in [-0.25, -0.2) is 16.8 Å². The quantitative estimate of drug-likeness (QED) is 0.480. The molecule has 2 fully saturated rings. The maximum Gasteiger partial charge on any atom is 0.309 e. The van der Waals surface area contributed by atoms with Crippen molar-refractivity contribution >= 4 is 31.7 Å². The Hall–Kier alpha value is -2.38. The van der Waals surface area contributed by atoms with Gasteiger partial charge in [0.2, 0.25) is 10.0 Å². The molecule has 1 atom stereocenters. The second-order valence-corrected chi connectivity index (χ2v) is 12.8. The van der Waals surface area contributed by atoms with Gasteiger partial charge in [-0.1, -0.05) is 0 Å². The highest BCUT2D eigenvalue weighted by molar-refractivity contribution is 7.91. The third-order valence-corrected chi connectivity index (χ3v) is 10.1. The van der Waals surface area contributed by atoms with Crippen LogP contribution in [0.2, 0.25) is 0 Å². The summed E-state index contributed by atoms with van der Waals surface area (Å²) in [6.07, 6.45) is 0.913. The number of sulfone groups is 1. The summed E-state index contributed by atoms with van der Waals surface area (Å²) in [7, 11) is -5.40. The number of sulfonamides is 1. The van der Waals surface area contributed by atoms with Gasteiger partial charge in [-0.3, -0.25) is 9.59 Å². The topological polar surface area (TPSA) is 137 Å². The molecule has 188 valence electrons. The summed E-state index contributed by atoms with van der Waals surface area (Å²) in [4.78, 5) is 26.2. The summed E-state index contributed by atoms with van der Waals surface area (Å²) in [6.45, 7) is 0.575. The molecule has 0 unspecified atom stereocenters. The Labute approximate surface area is 198 Å². The Morgan fingerprint density at radius 1 is 1.12 bits per heavy atom. The van der Waals surface area contributed by atoms with E-state index in [1.54, 1.807) is 6.07 Å². The molecule has 11 nitrogen and oxygen atoms in total. The first-order chi connectivity index (χ1) is 16.1. The minimum atomic E-state index is -3.76. The zero-order chi connectivity index (χ0) is 24.5. The SMILES string of the molecule is CN(C(=O)COC(=O)C1CCN(S(=O)(=O)c2ccc3c(c2)OCCO3)CC1)[C@H]1CCS(=O)(=O)C1. The van der Waals surface area contributed by atoms with Crippen molar-refractivity contribution in [2.75, 3.05) is 51.5 Å². The molecule has 0 spiro atoms. The number of benzene rings is 1. The van der Waals surface area contributed by atoms with Gasteiger partial charge in [-0.05, 0) is 31.4 Å². The Morgan fingerprint density at radius 2 is 1.79 bits per heavy atom. The molecule has 1 amide bonds. The standard InChI is InChI=1S/C21H28N2O9S2/c1-22(16-6-11-33(26,27)14-16)20(24)13-32-21(25)15-4-7-23(8-5-15)34(28,29)17-2-3-18-19(12-17)31-10-9-30-18/h2-3,12,15-16H,4-11,13-14H2,1H3/t16-/m0/s1. The van der Waals surface area contributed by atoms with E-state index in [4.69, 9.17) is 14.2 Å². The number of fused-ring (bicyclic) bond motifs is 1. The van der Waals surface area contributed by atoms with Gasteiger partial charge in [-0.15, -0.1) is 0 Å². The van der Waals surface area contributed by atoms with E-state index in [9.17, 15) is 26.4 Å². The van der Waals surface area contributed by atoms with Crippen LogP contribution in [0, 0.1) is 5.92 Å². The molecule has 0 aliphatic carbocycles. The Kier molecular flexibility index (Phi) is 7.06. The maximum atomic E-state index is 13.0. The monoisotopic (exact) mass is 516 g/mol. The molecule has 0 saturated carbocycles. The van der Waals surface area contributed by atoms with E-state index in [2.05, 4.69) is 0 Å².